The molecule has 1 N–H and O–H groups in total. The first kappa shape index (κ1) is 21.6. The van der Waals surface area contributed by atoms with Crippen molar-refractivity contribution in [2.45, 2.75) is 44.7 Å². The van der Waals surface area contributed by atoms with Crippen LogP contribution < -0.4 is 5.32 Å². The molecule has 5 rings (SSSR count). The molecular formula is C25H31N7O. The Balaban J connectivity index is 1.28. The summed E-state index contributed by atoms with van der Waals surface area (Å²) in [4.78, 5) is 30.7. The highest BCUT2D eigenvalue weighted by molar-refractivity contribution is 5.94. The van der Waals surface area contributed by atoms with E-state index < -0.39 is 0 Å². The van der Waals surface area contributed by atoms with Crippen LogP contribution in [0.25, 0.3) is 11.4 Å². The number of hydrogen-bond acceptors (Lipinski definition) is 6. The van der Waals surface area contributed by atoms with E-state index in [1.165, 1.54) is 12.8 Å². The molecule has 2 aliphatic rings. The van der Waals surface area contributed by atoms with E-state index in [4.69, 9.17) is 4.98 Å². The number of likely N-dealkylation sites (N-methyl/N-ethyl adjacent to an activating group) is 1. The highest BCUT2D eigenvalue weighted by Gasteiger charge is 2.29. The number of nitrogens with one attached hydrogen (secondary N) is 1. The van der Waals surface area contributed by atoms with Crippen LogP contribution in [0.4, 0.5) is 11.6 Å². The van der Waals surface area contributed by atoms with Gasteiger partial charge >= 0.3 is 0 Å². The summed E-state index contributed by atoms with van der Waals surface area (Å²) in [5.74, 6) is 2.37. The maximum absolute atomic E-state index is 12.9. The molecule has 2 fully saturated rings. The number of imidazole rings is 1. The van der Waals surface area contributed by atoms with E-state index in [2.05, 4.69) is 45.8 Å². The van der Waals surface area contributed by atoms with Gasteiger partial charge in [-0.3, -0.25) is 4.79 Å². The molecule has 1 aliphatic heterocycles. The number of amides is 1. The lowest BCUT2D eigenvalue weighted by Gasteiger charge is -2.20. The van der Waals surface area contributed by atoms with Crippen LogP contribution in [0, 0.1) is 0 Å². The van der Waals surface area contributed by atoms with Gasteiger partial charge in [0.1, 0.15) is 5.82 Å². The van der Waals surface area contributed by atoms with Crippen LogP contribution in [0.2, 0.25) is 0 Å². The first-order chi connectivity index (χ1) is 16.0. The summed E-state index contributed by atoms with van der Waals surface area (Å²) in [7, 11) is 4.14. The number of rotatable bonds is 7. The summed E-state index contributed by atoms with van der Waals surface area (Å²) in [5, 5.41) is 3.27. The zero-order chi connectivity index (χ0) is 22.9. The van der Waals surface area contributed by atoms with Crippen LogP contribution in [0.1, 0.15) is 48.3 Å². The molecule has 3 heterocycles. The average molecular weight is 446 g/mol. The predicted molar refractivity (Wildman–Crippen MR) is 129 cm³/mol. The van der Waals surface area contributed by atoms with E-state index in [1.807, 2.05) is 41.4 Å². The van der Waals surface area contributed by atoms with Crippen LogP contribution >= 0.6 is 0 Å². The Morgan fingerprint density at radius 2 is 1.91 bits per heavy atom. The quantitative estimate of drug-likeness (QED) is 0.597. The Labute approximate surface area is 194 Å². The van der Waals surface area contributed by atoms with Gasteiger partial charge < -0.3 is 19.7 Å². The van der Waals surface area contributed by atoms with E-state index in [9.17, 15) is 4.79 Å². The molecule has 1 aliphatic carbocycles. The topological polar surface area (TPSA) is 79.2 Å². The molecular weight excluding hydrogens is 414 g/mol. The Morgan fingerprint density at radius 3 is 2.58 bits per heavy atom. The average Bonchev–Trinajstić information content (AvgIpc) is 3.38. The van der Waals surface area contributed by atoms with Crippen LogP contribution in [0.5, 0.6) is 0 Å². The van der Waals surface area contributed by atoms with Gasteiger partial charge in [-0.25, -0.2) is 15.0 Å². The van der Waals surface area contributed by atoms with Gasteiger partial charge in [-0.2, -0.15) is 0 Å². The fraction of sp³-hybridized carbons (Fsp3) is 0.440. The van der Waals surface area contributed by atoms with Gasteiger partial charge in [0.15, 0.2) is 0 Å². The molecule has 0 radical (unpaired) electrons. The van der Waals surface area contributed by atoms with Crippen molar-refractivity contribution in [1.29, 1.82) is 0 Å². The molecule has 1 unspecified atom stereocenters. The van der Waals surface area contributed by atoms with Crippen molar-refractivity contribution in [2.24, 2.45) is 0 Å². The lowest BCUT2D eigenvalue weighted by Crippen LogP contribution is -2.34. The molecule has 3 aromatic rings. The van der Waals surface area contributed by atoms with E-state index in [1.54, 1.807) is 6.20 Å². The number of nitrogens with zero attached hydrogens (tertiary/aromatic N) is 6. The van der Waals surface area contributed by atoms with Crippen molar-refractivity contribution in [3.8, 4) is 11.4 Å². The molecule has 8 nitrogen and oxygen atoms in total. The zero-order valence-corrected chi connectivity index (χ0v) is 19.5. The smallest absolute Gasteiger partial charge is 0.253 e. The van der Waals surface area contributed by atoms with E-state index >= 15 is 0 Å². The second kappa shape index (κ2) is 8.94. The minimum Gasteiger partial charge on any atom is -0.337 e. The molecule has 8 heteroatoms. The lowest BCUT2D eigenvalue weighted by molar-refractivity contribution is 0.0783. The Morgan fingerprint density at radius 1 is 1.12 bits per heavy atom. The third-order valence-electron chi connectivity index (χ3n) is 6.63. The number of likely N-dealkylation sites (tertiary alicyclic amines) is 1. The van der Waals surface area contributed by atoms with Crippen molar-refractivity contribution < 1.29 is 4.79 Å². The van der Waals surface area contributed by atoms with Crippen molar-refractivity contribution in [3.63, 3.8) is 0 Å². The largest absolute Gasteiger partial charge is 0.337 e. The molecule has 0 spiro atoms. The molecule has 172 valence electrons. The summed E-state index contributed by atoms with van der Waals surface area (Å²) in [6, 6.07) is 9.90. The second-order valence-electron chi connectivity index (χ2n) is 9.15. The number of benzene rings is 1. The molecule has 1 amide bonds. The summed E-state index contributed by atoms with van der Waals surface area (Å²) in [6.07, 6.45) is 7.15. The van der Waals surface area contributed by atoms with Gasteiger partial charge in [-0.15, -0.1) is 0 Å². The molecule has 1 atom stereocenters. The van der Waals surface area contributed by atoms with Crippen molar-refractivity contribution in [2.75, 3.05) is 32.5 Å². The maximum Gasteiger partial charge on any atom is 0.253 e. The standard InChI is InChI=1S/C25H31N7O/c1-4-32-22(15-27-23(32)17-5-6-17)21-11-13-26-25(29-21)28-19-9-7-18(8-10-19)24(33)31-14-12-20(16-31)30(2)3/h7-11,13,15,17,20H,4-6,12,14,16H2,1-3H3,(H,26,28,29). The van der Waals surface area contributed by atoms with Gasteiger partial charge in [0.25, 0.3) is 5.91 Å². The number of aromatic nitrogens is 4. The number of hydrogen-bond donors (Lipinski definition) is 1. The maximum atomic E-state index is 12.9. The van der Waals surface area contributed by atoms with Crippen LogP contribution in [-0.4, -0.2) is 68.5 Å². The highest BCUT2D eigenvalue weighted by Crippen LogP contribution is 2.40. The first-order valence-corrected chi connectivity index (χ1v) is 11.7. The van der Waals surface area contributed by atoms with Crippen molar-refractivity contribution in [3.05, 3.63) is 54.1 Å². The van der Waals surface area contributed by atoms with Gasteiger partial charge in [0.2, 0.25) is 5.95 Å². The molecule has 0 bridgehead atoms. The highest BCUT2D eigenvalue weighted by atomic mass is 16.2. The van der Waals surface area contributed by atoms with E-state index in [0.717, 1.165) is 49.0 Å². The lowest BCUT2D eigenvalue weighted by atomic mass is 10.2. The van der Waals surface area contributed by atoms with Crippen LogP contribution in [-0.2, 0) is 6.54 Å². The third-order valence-corrected chi connectivity index (χ3v) is 6.63. The molecule has 1 saturated heterocycles. The fourth-order valence-corrected chi connectivity index (χ4v) is 4.51. The Bertz CT molecular complexity index is 1130. The number of carbonyl (C=O) groups excluding carboxylic acids is 1. The van der Waals surface area contributed by atoms with Gasteiger partial charge in [0, 0.05) is 49.0 Å². The van der Waals surface area contributed by atoms with E-state index in [0.29, 0.717) is 23.5 Å². The zero-order valence-electron chi connectivity index (χ0n) is 19.5. The van der Waals surface area contributed by atoms with Gasteiger partial charge in [0.05, 0.1) is 17.6 Å². The minimum absolute atomic E-state index is 0.0865. The van der Waals surface area contributed by atoms with Crippen molar-refractivity contribution in [1.82, 2.24) is 29.3 Å². The number of carbonyl (C=O) groups is 1. The summed E-state index contributed by atoms with van der Waals surface area (Å²) >= 11 is 0. The SMILES string of the molecule is CCn1c(-c2ccnc(Nc3ccc(C(=O)N4CCC(N(C)C)C4)cc3)n2)cnc1C1CC1. The normalized spacial score (nSPS) is 18.2. The molecule has 1 saturated carbocycles. The monoisotopic (exact) mass is 445 g/mol. The van der Waals surface area contributed by atoms with Crippen LogP contribution in [0.3, 0.4) is 0 Å². The fourth-order valence-electron chi connectivity index (χ4n) is 4.51. The predicted octanol–water partition coefficient (Wildman–Crippen LogP) is 3.76. The number of anilines is 2. The Kier molecular flexibility index (Phi) is 5.85. The molecule has 2 aromatic heterocycles. The molecule has 1 aromatic carbocycles. The summed E-state index contributed by atoms with van der Waals surface area (Å²) in [6.45, 7) is 4.60. The third kappa shape index (κ3) is 4.48. The van der Waals surface area contributed by atoms with Gasteiger partial charge in [-0.1, -0.05) is 0 Å². The van der Waals surface area contributed by atoms with Gasteiger partial charge in [-0.05, 0) is 70.6 Å². The van der Waals surface area contributed by atoms with Crippen LogP contribution in [0.15, 0.2) is 42.7 Å². The molecule has 33 heavy (non-hydrogen) atoms. The Hall–Kier alpha value is -3.26. The summed E-state index contributed by atoms with van der Waals surface area (Å²) in [5.41, 5.74) is 3.42. The first-order valence-electron chi connectivity index (χ1n) is 11.7. The van der Waals surface area contributed by atoms with Crippen molar-refractivity contribution >= 4 is 17.5 Å². The summed E-state index contributed by atoms with van der Waals surface area (Å²) < 4.78 is 2.25. The minimum atomic E-state index is 0.0865. The second-order valence-corrected chi connectivity index (χ2v) is 9.15. The van der Waals surface area contributed by atoms with E-state index in [-0.39, 0.29) is 5.91 Å².